The summed E-state index contributed by atoms with van der Waals surface area (Å²) in [6, 6.07) is 0. The fourth-order valence-corrected chi connectivity index (χ4v) is 1.40. The number of aryl methyl sites for hydroxylation is 1. The highest BCUT2D eigenvalue weighted by Crippen LogP contribution is 2.16. The van der Waals surface area contributed by atoms with Gasteiger partial charge in [0.1, 0.15) is 12.2 Å². The Bertz CT molecular complexity index is 423. The zero-order valence-electron chi connectivity index (χ0n) is 10.1. The van der Waals surface area contributed by atoms with Crippen LogP contribution in [-0.4, -0.2) is 34.6 Å². The van der Waals surface area contributed by atoms with Gasteiger partial charge >= 0.3 is 0 Å². The van der Waals surface area contributed by atoms with E-state index in [1.807, 2.05) is 0 Å². The third-order valence-electron chi connectivity index (χ3n) is 2.48. The molecule has 0 spiro atoms. The minimum absolute atomic E-state index is 0.100. The number of amidine groups is 1. The SMILES string of the molecule is Cc1ncnc(N(C)CC(C)C(N)=NO)c1F. The molecule has 3 N–H and O–H groups in total. The van der Waals surface area contributed by atoms with E-state index in [9.17, 15) is 4.39 Å². The molecule has 7 heteroatoms. The van der Waals surface area contributed by atoms with E-state index in [4.69, 9.17) is 10.9 Å². The lowest BCUT2D eigenvalue weighted by Gasteiger charge is -2.22. The molecule has 17 heavy (non-hydrogen) atoms. The second-order valence-electron chi connectivity index (χ2n) is 3.90. The fourth-order valence-electron chi connectivity index (χ4n) is 1.40. The number of anilines is 1. The van der Waals surface area contributed by atoms with Crippen molar-refractivity contribution < 1.29 is 9.60 Å². The minimum atomic E-state index is -0.457. The monoisotopic (exact) mass is 241 g/mol. The van der Waals surface area contributed by atoms with E-state index < -0.39 is 5.82 Å². The molecule has 0 aliphatic rings. The first-order valence-electron chi connectivity index (χ1n) is 5.13. The summed E-state index contributed by atoms with van der Waals surface area (Å²) in [7, 11) is 1.69. The summed E-state index contributed by atoms with van der Waals surface area (Å²) in [4.78, 5) is 9.23. The summed E-state index contributed by atoms with van der Waals surface area (Å²) in [5.74, 6) is -0.362. The molecule has 0 fully saturated rings. The zero-order valence-corrected chi connectivity index (χ0v) is 10.1. The lowest BCUT2D eigenvalue weighted by molar-refractivity contribution is 0.314. The first kappa shape index (κ1) is 13.1. The number of oxime groups is 1. The highest BCUT2D eigenvalue weighted by atomic mass is 19.1. The van der Waals surface area contributed by atoms with Gasteiger partial charge in [0.25, 0.3) is 0 Å². The minimum Gasteiger partial charge on any atom is -0.409 e. The van der Waals surface area contributed by atoms with Gasteiger partial charge in [0.05, 0.1) is 5.69 Å². The van der Waals surface area contributed by atoms with E-state index >= 15 is 0 Å². The van der Waals surface area contributed by atoms with Gasteiger partial charge in [0, 0.05) is 19.5 Å². The summed E-state index contributed by atoms with van der Waals surface area (Å²) in [5, 5.41) is 11.4. The molecule has 0 saturated heterocycles. The van der Waals surface area contributed by atoms with E-state index in [-0.39, 0.29) is 17.6 Å². The van der Waals surface area contributed by atoms with Crippen molar-refractivity contribution in [1.29, 1.82) is 0 Å². The van der Waals surface area contributed by atoms with Crippen LogP contribution in [0.2, 0.25) is 0 Å². The Labute approximate surface area is 99.0 Å². The molecular weight excluding hydrogens is 225 g/mol. The Balaban J connectivity index is 2.83. The van der Waals surface area contributed by atoms with Gasteiger partial charge in [-0.1, -0.05) is 12.1 Å². The second-order valence-corrected chi connectivity index (χ2v) is 3.90. The standard InChI is InChI=1S/C10H16FN5O/c1-6(9(12)15-17)4-16(3)10-8(11)7(2)13-5-14-10/h5-6,17H,4H2,1-3H3,(H2,12,15). The summed E-state index contributed by atoms with van der Waals surface area (Å²) in [6.07, 6.45) is 1.30. The Morgan fingerprint density at radius 1 is 1.65 bits per heavy atom. The van der Waals surface area contributed by atoms with Gasteiger partial charge in [-0.3, -0.25) is 0 Å². The number of nitrogens with zero attached hydrogens (tertiary/aromatic N) is 4. The molecule has 1 atom stereocenters. The lowest BCUT2D eigenvalue weighted by atomic mass is 10.1. The Kier molecular flexibility index (Phi) is 4.19. The van der Waals surface area contributed by atoms with E-state index in [1.54, 1.807) is 25.8 Å². The van der Waals surface area contributed by atoms with Crippen molar-refractivity contribution in [2.45, 2.75) is 13.8 Å². The Hall–Kier alpha value is -1.92. The van der Waals surface area contributed by atoms with Gasteiger partial charge in [0.15, 0.2) is 11.6 Å². The molecule has 0 aromatic carbocycles. The van der Waals surface area contributed by atoms with Crippen LogP contribution < -0.4 is 10.6 Å². The Morgan fingerprint density at radius 2 is 2.29 bits per heavy atom. The van der Waals surface area contributed by atoms with Crippen LogP contribution in [0.1, 0.15) is 12.6 Å². The average Bonchev–Trinajstić information content (AvgIpc) is 2.31. The van der Waals surface area contributed by atoms with Crippen LogP contribution >= 0.6 is 0 Å². The highest BCUT2D eigenvalue weighted by molar-refractivity contribution is 5.82. The molecule has 0 aliphatic carbocycles. The van der Waals surface area contributed by atoms with Crippen molar-refractivity contribution in [3.63, 3.8) is 0 Å². The summed E-state index contributed by atoms with van der Waals surface area (Å²) >= 11 is 0. The van der Waals surface area contributed by atoms with E-state index in [0.717, 1.165) is 0 Å². The van der Waals surface area contributed by atoms with Crippen molar-refractivity contribution in [2.75, 3.05) is 18.5 Å². The fraction of sp³-hybridized carbons (Fsp3) is 0.500. The third kappa shape index (κ3) is 3.02. The molecule has 1 heterocycles. The summed E-state index contributed by atoms with van der Waals surface area (Å²) in [6.45, 7) is 3.74. The summed E-state index contributed by atoms with van der Waals surface area (Å²) in [5.41, 5.74) is 5.75. The van der Waals surface area contributed by atoms with Crippen LogP contribution in [0, 0.1) is 18.7 Å². The first-order chi connectivity index (χ1) is 7.97. The maximum Gasteiger partial charge on any atom is 0.186 e. The number of hydrogen-bond acceptors (Lipinski definition) is 5. The lowest BCUT2D eigenvalue weighted by Crippen LogP contribution is -2.33. The molecule has 1 rings (SSSR count). The van der Waals surface area contributed by atoms with Gasteiger partial charge < -0.3 is 15.8 Å². The smallest absolute Gasteiger partial charge is 0.186 e. The molecule has 0 amide bonds. The largest absolute Gasteiger partial charge is 0.409 e. The molecule has 0 bridgehead atoms. The van der Waals surface area contributed by atoms with Crippen molar-refractivity contribution in [2.24, 2.45) is 16.8 Å². The molecule has 94 valence electrons. The van der Waals surface area contributed by atoms with E-state index in [0.29, 0.717) is 12.2 Å². The zero-order chi connectivity index (χ0) is 13.0. The third-order valence-corrected chi connectivity index (χ3v) is 2.48. The number of aromatic nitrogens is 2. The number of halogens is 1. The second kappa shape index (κ2) is 5.42. The molecule has 0 saturated carbocycles. The molecule has 6 nitrogen and oxygen atoms in total. The van der Waals surface area contributed by atoms with Gasteiger partial charge in [0.2, 0.25) is 0 Å². The average molecular weight is 241 g/mol. The molecule has 1 aromatic heterocycles. The highest BCUT2D eigenvalue weighted by Gasteiger charge is 2.16. The number of nitrogens with two attached hydrogens (primary N) is 1. The maximum absolute atomic E-state index is 13.7. The normalized spacial score (nSPS) is 13.5. The quantitative estimate of drug-likeness (QED) is 0.351. The van der Waals surface area contributed by atoms with Gasteiger partial charge in [-0.25, -0.2) is 14.4 Å². The van der Waals surface area contributed by atoms with E-state index in [2.05, 4.69) is 15.1 Å². The topological polar surface area (TPSA) is 87.6 Å². The van der Waals surface area contributed by atoms with Crippen molar-refractivity contribution in [3.05, 3.63) is 17.8 Å². The van der Waals surface area contributed by atoms with Crippen LogP contribution in [0.3, 0.4) is 0 Å². The van der Waals surface area contributed by atoms with Crippen molar-refractivity contribution in [3.8, 4) is 0 Å². The van der Waals surface area contributed by atoms with Crippen LogP contribution in [0.5, 0.6) is 0 Å². The Morgan fingerprint density at radius 3 is 2.88 bits per heavy atom. The maximum atomic E-state index is 13.7. The molecule has 1 aromatic rings. The number of hydrogen-bond donors (Lipinski definition) is 2. The van der Waals surface area contributed by atoms with Crippen molar-refractivity contribution in [1.82, 2.24) is 9.97 Å². The van der Waals surface area contributed by atoms with Crippen LogP contribution in [-0.2, 0) is 0 Å². The van der Waals surface area contributed by atoms with Gasteiger partial charge in [-0.05, 0) is 6.92 Å². The number of rotatable bonds is 4. The molecular formula is C10H16FN5O. The van der Waals surface area contributed by atoms with Gasteiger partial charge in [-0.15, -0.1) is 0 Å². The predicted molar refractivity (Wildman–Crippen MR) is 62.6 cm³/mol. The molecule has 1 unspecified atom stereocenters. The van der Waals surface area contributed by atoms with Crippen LogP contribution in [0.4, 0.5) is 10.2 Å². The van der Waals surface area contributed by atoms with Crippen molar-refractivity contribution >= 4 is 11.7 Å². The summed E-state index contributed by atoms with van der Waals surface area (Å²) < 4.78 is 13.7. The van der Waals surface area contributed by atoms with E-state index in [1.165, 1.54) is 6.33 Å². The van der Waals surface area contributed by atoms with Gasteiger partial charge in [-0.2, -0.15) is 0 Å². The molecule has 0 radical (unpaired) electrons. The molecule has 0 aliphatic heterocycles. The first-order valence-corrected chi connectivity index (χ1v) is 5.13. The predicted octanol–water partition coefficient (Wildman–Crippen LogP) is 0.743. The van der Waals surface area contributed by atoms with Crippen LogP contribution in [0.15, 0.2) is 11.5 Å². The van der Waals surface area contributed by atoms with Crippen LogP contribution in [0.25, 0.3) is 0 Å².